The van der Waals surface area contributed by atoms with Crippen molar-refractivity contribution in [3.63, 3.8) is 0 Å². The third-order valence-corrected chi connectivity index (χ3v) is 5.17. The van der Waals surface area contributed by atoms with E-state index in [1.807, 2.05) is 32.0 Å². The lowest BCUT2D eigenvalue weighted by molar-refractivity contribution is -0.122. The first-order chi connectivity index (χ1) is 12.9. The fourth-order valence-corrected chi connectivity index (χ4v) is 3.44. The number of nitrogen functional groups attached to an aromatic ring is 1. The van der Waals surface area contributed by atoms with Gasteiger partial charge in [0.1, 0.15) is 0 Å². The number of fused-ring (bicyclic) bond motifs is 1. The minimum atomic E-state index is -0.442. The van der Waals surface area contributed by atoms with Gasteiger partial charge in [0.15, 0.2) is 11.5 Å². The molecule has 2 heterocycles. The van der Waals surface area contributed by atoms with Gasteiger partial charge in [-0.3, -0.25) is 9.59 Å². The van der Waals surface area contributed by atoms with E-state index in [1.54, 1.807) is 17.0 Å². The van der Waals surface area contributed by atoms with Crippen LogP contribution in [0.25, 0.3) is 0 Å². The normalized spacial score (nSPS) is 18.1. The van der Waals surface area contributed by atoms with Crippen molar-refractivity contribution in [1.29, 1.82) is 0 Å². The highest BCUT2D eigenvalue weighted by Gasteiger charge is 2.36. The van der Waals surface area contributed by atoms with Crippen molar-refractivity contribution in [3.05, 3.63) is 41.5 Å². The van der Waals surface area contributed by atoms with Crippen LogP contribution >= 0.6 is 0 Å². The maximum Gasteiger partial charge on any atom is 0.231 e. The number of nitrogens with two attached hydrogens (primary N) is 1. The van der Waals surface area contributed by atoms with E-state index in [4.69, 9.17) is 15.2 Å². The second-order valence-corrected chi connectivity index (χ2v) is 6.91. The molecule has 27 heavy (non-hydrogen) atoms. The highest BCUT2D eigenvalue weighted by atomic mass is 16.7. The van der Waals surface area contributed by atoms with Crippen molar-refractivity contribution in [2.24, 2.45) is 5.92 Å². The van der Waals surface area contributed by atoms with Gasteiger partial charge < -0.3 is 25.4 Å². The molecule has 7 heteroatoms. The van der Waals surface area contributed by atoms with Gasteiger partial charge in [0, 0.05) is 30.8 Å². The third kappa shape index (κ3) is 3.05. The zero-order valence-corrected chi connectivity index (χ0v) is 15.2. The molecular weight excluding hydrogens is 346 g/mol. The molecule has 0 radical (unpaired) electrons. The Morgan fingerprint density at radius 1 is 1.22 bits per heavy atom. The van der Waals surface area contributed by atoms with Crippen LogP contribution in [0.2, 0.25) is 0 Å². The average molecular weight is 367 g/mol. The number of amides is 2. The van der Waals surface area contributed by atoms with Gasteiger partial charge in [0.25, 0.3) is 0 Å². The van der Waals surface area contributed by atoms with Gasteiger partial charge in [0.05, 0.1) is 17.3 Å². The molecule has 0 saturated carbocycles. The lowest BCUT2D eigenvalue weighted by Gasteiger charge is -2.20. The zero-order chi connectivity index (χ0) is 19.1. The molecule has 2 amide bonds. The van der Waals surface area contributed by atoms with E-state index in [2.05, 4.69) is 5.32 Å². The molecule has 1 unspecified atom stereocenters. The number of hydrogen-bond donors (Lipinski definition) is 2. The molecule has 7 nitrogen and oxygen atoms in total. The monoisotopic (exact) mass is 367 g/mol. The first-order valence-corrected chi connectivity index (χ1v) is 8.80. The third-order valence-electron chi connectivity index (χ3n) is 5.17. The van der Waals surface area contributed by atoms with Crippen molar-refractivity contribution in [2.75, 3.05) is 29.3 Å². The van der Waals surface area contributed by atoms with Crippen LogP contribution in [0, 0.1) is 19.8 Å². The zero-order valence-electron chi connectivity index (χ0n) is 15.2. The van der Waals surface area contributed by atoms with Crippen LogP contribution in [0.4, 0.5) is 17.1 Å². The Kier molecular flexibility index (Phi) is 4.14. The van der Waals surface area contributed by atoms with E-state index < -0.39 is 5.92 Å². The van der Waals surface area contributed by atoms with E-state index in [9.17, 15) is 9.59 Å². The summed E-state index contributed by atoms with van der Waals surface area (Å²) in [5.74, 6) is 0.369. The molecule has 1 atom stereocenters. The predicted molar refractivity (Wildman–Crippen MR) is 102 cm³/mol. The first-order valence-electron chi connectivity index (χ1n) is 8.80. The van der Waals surface area contributed by atoms with E-state index in [-0.39, 0.29) is 25.0 Å². The molecule has 3 N–H and O–H groups in total. The largest absolute Gasteiger partial charge is 0.454 e. The number of ether oxygens (including phenoxy) is 2. The van der Waals surface area contributed by atoms with Crippen LogP contribution in [0.1, 0.15) is 17.5 Å². The molecule has 0 spiro atoms. The Balaban J connectivity index is 1.51. The summed E-state index contributed by atoms with van der Waals surface area (Å²) in [5.41, 5.74) is 9.87. The molecule has 0 aliphatic carbocycles. The number of nitrogens with zero attached hydrogens (tertiary/aromatic N) is 1. The highest BCUT2D eigenvalue weighted by molar-refractivity contribution is 6.04. The fraction of sp³-hybridized carbons (Fsp3) is 0.300. The molecule has 140 valence electrons. The molecule has 2 aromatic rings. The van der Waals surface area contributed by atoms with Gasteiger partial charge in [-0.2, -0.15) is 0 Å². The Morgan fingerprint density at radius 3 is 2.74 bits per heavy atom. The summed E-state index contributed by atoms with van der Waals surface area (Å²) in [5, 5.41) is 2.82. The summed E-state index contributed by atoms with van der Waals surface area (Å²) in [7, 11) is 0. The van der Waals surface area contributed by atoms with Gasteiger partial charge >= 0.3 is 0 Å². The summed E-state index contributed by atoms with van der Waals surface area (Å²) in [6.07, 6.45) is 0.170. The van der Waals surface area contributed by atoms with Crippen molar-refractivity contribution in [2.45, 2.75) is 20.3 Å². The Labute approximate surface area is 157 Å². The summed E-state index contributed by atoms with van der Waals surface area (Å²) in [4.78, 5) is 26.9. The number of aryl methyl sites for hydroxylation is 1. The van der Waals surface area contributed by atoms with Crippen LogP contribution in [-0.4, -0.2) is 25.2 Å². The van der Waals surface area contributed by atoms with Crippen molar-refractivity contribution >= 4 is 28.9 Å². The molecule has 2 aliphatic rings. The predicted octanol–water partition coefficient (Wildman–Crippen LogP) is 2.61. The van der Waals surface area contributed by atoms with Gasteiger partial charge in [-0.25, -0.2) is 0 Å². The van der Waals surface area contributed by atoms with Crippen LogP contribution in [-0.2, 0) is 9.59 Å². The second kappa shape index (κ2) is 6.50. The fourth-order valence-electron chi connectivity index (χ4n) is 3.44. The molecule has 4 rings (SSSR count). The highest BCUT2D eigenvalue weighted by Crippen LogP contribution is 2.38. The lowest BCUT2D eigenvalue weighted by atomic mass is 10.1. The number of anilines is 3. The molecule has 0 aromatic heterocycles. The summed E-state index contributed by atoms with van der Waals surface area (Å²) >= 11 is 0. The SMILES string of the molecule is Cc1cccc(N2CC(C(=O)Nc3cc4c(cc3N)OCO4)CC2=O)c1C. The minimum absolute atomic E-state index is 0.0532. The molecule has 2 aliphatic heterocycles. The number of carbonyl (C=O) groups excluding carboxylic acids is 2. The van der Waals surface area contributed by atoms with E-state index >= 15 is 0 Å². The summed E-state index contributed by atoms with van der Waals surface area (Å²) < 4.78 is 10.6. The Bertz CT molecular complexity index is 941. The number of rotatable bonds is 3. The van der Waals surface area contributed by atoms with E-state index in [1.165, 1.54) is 0 Å². The first kappa shape index (κ1) is 17.2. The van der Waals surface area contributed by atoms with Gasteiger partial charge in [-0.15, -0.1) is 0 Å². The Morgan fingerprint density at radius 2 is 1.96 bits per heavy atom. The maximum absolute atomic E-state index is 12.7. The number of hydrogen-bond acceptors (Lipinski definition) is 5. The van der Waals surface area contributed by atoms with Crippen molar-refractivity contribution in [3.8, 4) is 11.5 Å². The quantitative estimate of drug-likeness (QED) is 0.814. The summed E-state index contributed by atoms with van der Waals surface area (Å²) in [6, 6.07) is 9.11. The standard InChI is InChI=1S/C20H21N3O4/c1-11-4-3-5-16(12(11)2)23-9-13(6-19(23)24)20(25)22-15-8-18-17(7-14(15)21)26-10-27-18/h3-5,7-8,13H,6,9-10,21H2,1-2H3,(H,22,25). The Hall–Kier alpha value is -3.22. The lowest BCUT2D eigenvalue weighted by Crippen LogP contribution is -2.28. The second-order valence-electron chi connectivity index (χ2n) is 6.91. The van der Waals surface area contributed by atoms with Gasteiger partial charge in [0.2, 0.25) is 18.6 Å². The maximum atomic E-state index is 12.7. The topological polar surface area (TPSA) is 93.9 Å². The van der Waals surface area contributed by atoms with E-state index in [0.717, 1.165) is 16.8 Å². The van der Waals surface area contributed by atoms with Gasteiger partial charge in [-0.1, -0.05) is 12.1 Å². The van der Waals surface area contributed by atoms with Crippen LogP contribution < -0.4 is 25.4 Å². The molecule has 0 bridgehead atoms. The molecule has 1 saturated heterocycles. The van der Waals surface area contributed by atoms with Crippen molar-refractivity contribution in [1.82, 2.24) is 0 Å². The average Bonchev–Trinajstić information content (AvgIpc) is 3.24. The van der Waals surface area contributed by atoms with Crippen LogP contribution in [0.15, 0.2) is 30.3 Å². The van der Waals surface area contributed by atoms with E-state index in [0.29, 0.717) is 29.4 Å². The molecular formula is C20H21N3O4. The molecule has 1 fully saturated rings. The van der Waals surface area contributed by atoms with Crippen LogP contribution in [0.3, 0.4) is 0 Å². The smallest absolute Gasteiger partial charge is 0.231 e. The van der Waals surface area contributed by atoms with Crippen LogP contribution in [0.5, 0.6) is 11.5 Å². The number of benzene rings is 2. The summed E-state index contributed by atoms with van der Waals surface area (Å²) in [6.45, 7) is 4.47. The number of nitrogens with one attached hydrogen (secondary N) is 1. The van der Waals surface area contributed by atoms with Crippen molar-refractivity contribution < 1.29 is 19.1 Å². The van der Waals surface area contributed by atoms with Gasteiger partial charge in [-0.05, 0) is 31.0 Å². The minimum Gasteiger partial charge on any atom is -0.454 e. The number of carbonyl (C=O) groups is 2. The molecule has 2 aromatic carbocycles.